The molecule has 0 unspecified atom stereocenters. The highest BCUT2D eigenvalue weighted by atomic mass is 16.4. The molecule has 0 spiro atoms. The van der Waals surface area contributed by atoms with Crippen LogP contribution in [-0.4, -0.2) is 16.1 Å². The number of nitrogens with one attached hydrogen (secondary N) is 1. The molecular formula is C11H15NO3. The van der Waals surface area contributed by atoms with E-state index in [-0.39, 0.29) is 11.0 Å². The molecule has 1 aromatic rings. The highest BCUT2D eigenvalue weighted by Gasteiger charge is 2.14. The number of aromatic amines is 1. The molecule has 0 bridgehead atoms. The summed E-state index contributed by atoms with van der Waals surface area (Å²) in [5.41, 5.74) is 0.0719. The monoisotopic (exact) mass is 209 g/mol. The normalized spacial score (nSPS) is 11.4. The minimum Gasteiger partial charge on any atom is -0.477 e. The molecule has 0 aliphatic rings. The lowest BCUT2D eigenvalue weighted by Crippen LogP contribution is -2.20. The van der Waals surface area contributed by atoms with Crippen molar-refractivity contribution >= 4 is 5.97 Å². The van der Waals surface area contributed by atoms with Crippen LogP contribution in [0.4, 0.5) is 0 Å². The van der Waals surface area contributed by atoms with Gasteiger partial charge in [0.15, 0.2) is 0 Å². The first-order valence-corrected chi connectivity index (χ1v) is 4.75. The fourth-order valence-electron chi connectivity index (χ4n) is 1.36. The van der Waals surface area contributed by atoms with Gasteiger partial charge in [-0.25, -0.2) is 4.79 Å². The van der Waals surface area contributed by atoms with Crippen LogP contribution < -0.4 is 5.56 Å². The molecule has 0 saturated carbocycles. The number of carbonyl (C=O) groups is 1. The van der Waals surface area contributed by atoms with Gasteiger partial charge in [-0.2, -0.15) is 0 Å². The van der Waals surface area contributed by atoms with Crippen LogP contribution >= 0.6 is 0 Å². The Balaban J connectivity index is 3.03. The van der Waals surface area contributed by atoms with Gasteiger partial charge in [-0.3, -0.25) is 4.79 Å². The number of pyridine rings is 1. The van der Waals surface area contributed by atoms with Crippen LogP contribution in [0.2, 0.25) is 0 Å². The number of carboxylic acids is 1. The Kier molecular flexibility index (Phi) is 2.98. The Hall–Kier alpha value is -1.58. The minimum atomic E-state index is -1.20. The van der Waals surface area contributed by atoms with Crippen LogP contribution in [0.3, 0.4) is 0 Å². The van der Waals surface area contributed by atoms with Gasteiger partial charge in [0.05, 0.1) is 0 Å². The molecule has 82 valence electrons. The molecule has 0 radical (unpaired) electrons. The summed E-state index contributed by atoms with van der Waals surface area (Å²) >= 11 is 0. The summed E-state index contributed by atoms with van der Waals surface area (Å²) in [6, 6.07) is 3.00. The van der Waals surface area contributed by atoms with E-state index in [1.807, 2.05) is 0 Å². The maximum absolute atomic E-state index is 11.3. The lowest BCUT2D eigenvalue weighted by molar-refractivity contribution is 0.0695. The second kappa shape index (κ2) is 3.88. The summed E-state index contributed by atoms with van der Waals surface area (Å²) in [5.74, 6) is -1.20. The molecule has 0 fully saturated rings. The number of aromatic carboxylic acids is 1. The quantitative estimate of drug-likeness (QED) is 0.778. The molecule has 0 aliphatic heterocycles. The second-order valence-corrected chi connectivity index (χ2v) is 4.77. The molecule has 1 rings (SSSR count). The van der Waals surface area contributed by atoms with Crippen molar-refractivity contribution in [3.8, 4) is 0 Å². The minimum absolute atomic E-state index is 0.0632. The van der Waals surface area contributed by atoms with Crippen LogP contribution in [0, 0.1) is 5.41 Å². The average molecular weight is 209 g/mol. The first-order chi connectivity index (χ1) is 6.79. The SMILES string of the molecule is CC(C)(C)Cc1ccc(C(=O)O)c(=O)[nH]1. The van der Waals surface area contributed by atoms with Crippen molar-refractivity contribution in [2.24, 2.45) is 5.41 Å². The van der Waals surface area contributed by atoms with Crippen molar-refractivity contribution in [2.45, 2.75) is 27.2 Å². The molecular weight excluding hydrogens is 194 g/mol. The molecule has 0 amide bonds. The number of rotatable bonds is 2. The number of hydrogen-bond acceptors (Lipinski definition) is 2. The van der Waals surface area contributed by atoms with Gasteiger partial charge in [-0.15, -0.1) is 0 Å². The van der Waals surface area contributed by atoms with Gasteiger partial charge in [-0.05, 0) is 24.0 Å². The molecule has 0 atom stereocenters. The van der Waals surface area contributed by atoms with Crippen molar-refractivity contribution in [1.29, 1.82) is 0 Å². The zero-order chi connectivity index (χ0) is 11.6. The third kappa shape index (κ3) is 3.23. The van der Waals surface area contributed by atoms with E-state index >= 15 is 0 Å². The highest BCUT2D eigenvalue weighted by Crippen LogP contribution is 2.18. The standard InChI is InChI=1S/C11H15NO3/c1-11(2,3)6-7-4-5-8(10(14)15)9(13)12-7/h4-5H,6H2,1-3H3,(H,12,13)(H,14,15). The summed E-state index contributed by atoms with van der Waals surface area (Å²) < 4.78 is 0. The van der Waals surface area contributed by atoms with Gasteiger partial charge >= 0.3 is 5.97 Å². The third-order valence-corrected chi connectivity index (χ3v) is 1.92. The van der Waals surface area contributed by atoms with E-state index in [0.29, 0.717) is 6.42 Å². The Labute approximate surface area is 88.0 Å². The van der Waals surface area contributed by atoms with Crippen molar-refractivity contribution in [3.63, 3.8) is 0 Å². The highest BCUT2D eigenvalue weighted by molar-refractivity contribution is 5.86. The fraction of sp³-hybridized carbons (Fsp3) is 0.455. The largest absolute Gasteiger partial charge is 0.477 e. The van der Waals surface area contributed by atoms with Gasteiger partial charge in [0, 0.05) is 5.69 Å². The van der Waals surface area contributed by atoms with E-state index in [4.69, 9.17) is 5.11 Å². The molecule has 0 saturated heterocycles. The average Bonchev–Trinajstić information content (AvgIpc) is 1.99. The maximum atomic E-state index is 11.3. The zero-order valence-electron chi connectivity index (χ0n) is 9.13. The van der Waals surface area contributed by atoms with Gasteiger partial charge < -0.3 is 10.1 Å². The lowest BCUT2D eigenvalue weighted by Gasteiger charge is -2.17. The second-order valence-electron chi connectivity index (χ2n) is 4.77. The van der Waals surface area contributed by atoms with Crippen LogP contribution in [-0.2, 0) is 6.42 Å². The van der Waals surface area contributed by atoms with E-state index in [9.17, 15) is 9.59 Å². The zero-order valence-corrected chi connectivity index (χ0v) is 9.13. The van der Waals surface area contributed by atoms with E-state index in [1.165, 1.54) is 6.07 Å². The molecule has 1 aromatic heterocycles. The van der Waals surface area contributed by atoms with Gasteiger partial charge in [0.25, 0.3) is 5.56 Å². The van der Waals surface area contributed by atoms with Crippen LogP contribution in [0.5, 0.6) is 0 Å². The van der Waals surface area contributed by atoms with Crippen LogP contribution in [0.15, 0.2) is 16.9 Å². The number of hydrogen-bond donors (Lipinski definition) is 2. The summed E-state index contributed by atoms with van der Waals surface area (Å²) in [6.07, 6.45) is 0.710. The Morgan fingerprint density at radius 3 is 2.40 bits per heavy atom. The predicted octanol–water partition coefficient (Wildman–Crippen LogP) is 1.66. The van der Waals surface area contributed by atoms with Crippen molar-refractivity contribution in [1.82, 2.24) is 4.98 Å². The Morgan fingerprint density at radius 1 is 1.40 bits per heavy atom. The van der Waals surface area contributed by atoms with Crippen molar-refractivity contribution < 1.29 is 9.90 Å². The smallest absolute Gasteiger partial charge is 0.341 e. The maximum Gasteiger partial charge on any atom is 0.341 e. The summed E-state index contributed by atoms with van der Waals surface area (Å²) in [4.78, 5) is 24.5. The van der Waals surface area contributed by atoms with Gasteiger partial charge in [-0.1, -0.05) is 20.8 Å². The molecule has 4 nitrogen and oxygen atoms in total. The predicted molar refractivity (Wildman–Crippen MR) is 57.2 cm³/mol. The summed E-state index contributed by atoms with van der Waals surface area (Å²) in [6.45, 7) is 6.16. The molecule has 1 heterocycles. The van der Waals surface area contributed by atoms with E-state index in [0.717, 1.165) is 5.69 Å². The third-order valence-electron chi connectivity index (χ3n) is 1.92. The fourth-order valence-corrected chi connectivity index (χ4v) is 1.36. The van der Waals surface area contributed by atoms with E-state index in [1.54, 1.807) is 6.07 Å². The Bertz CT molecular complexity index is 426. The van der Waals surface area contributed by atoms with Gasteiger partial charge in [0.1, 0.15) is 5.56 Å². The lowest BCUT2D eigenvalue weighted by atomic mass is 9.90. The van der Waals surface area contributed by atoms with Crippen molar-refractivity contribution in [2.75, 3.05) is 0 Å². The van der Waals surface area contributed by atoms with Crippen LogP contribution in [0.25, 0.3) is 0 Å². The summed E-state index contributed by atoms with van der Waals surface area (Å²) in [7, 11) is 0. The number of aromatic nitrogens is 1. The van der Waals surface area contributed by atoms with Crippen molar-refractivity contribution in [3.05, 3.63) is 33.7 Å². The van der Waals surface area contributed by atoms with Crippen LogP contribution in [0.1, 0.15) is 36.8 Å². The molecule has 4 heteroatoms. The van der Waals surface area contributed by atoms with E-state index < -0.39 is 11.5 Å². The number of H-pyrrole nitrogens is 1. The van der Waals surface area contributed by atoms with E-state index in [2.05, 4.69) is 25.8 Å². The molecule has 0 aliphatic carbocycles. The first-order valence-electron chi connectivity index (χ1n) is 4.75. The topological polar surface area (TPSA) is 70.2 Å². The summed E-state index contributed by atoms with van der Waals surface area (Å²) in [5, 5.41) is 8.67. The Morgan fingerprint density at radius 2 is 2.00 bits per heavy atom. The first kappa shape index (κ1) is 11.5. The molecule has 0 aromatic carbocycles. The molecule has 2 N–H and O–H groups in total. The van der Waals surface area contributed by atoms with Gasteiger partial charge in [0.2, 0.25) is 0 Å². The molecule has 15 heavy (non-hydrogen) atoms. The number of carboxylic acid groups (broad SMARTS) is 1.